The van der Waals surface area contributed by atoms with E-state index < -0.39 is 0 Å². The fourth-order valence-corrected chi connectivity index (χ4v) is 1.58. The summed E-state index contributed by atoms with van der Waals surface area (Å²) in [5, 5.41) is 0. The van der Waals surface area contributed by atoms with Crippen LogP contribution in [0.15, 0.2) is 36.4 Å². The van der Waals surface area contributed by atoms with E-state index in [9.17, 15) is 4.79 Å². The molecular weight excluding hydrogens is 184 g/mol. The van der Waals surface area contributed by atoms with Crippen LogP contribution in [0.3, 0.4) is 0 Å². The van der Waals surface area contributed by atoms with E-state index in [2.05, 4.69) is 6.92 Å². The molecule has 0 N–H and O–H groups in total. The second-order valence-corrected chi connectivity index (χ2v) is 4.50. The molecule has 0 saturated heterocycles. The van der Waals surface area contributed by atoms with Crippen molar-refractivity contribution in [3.05, 3.63) is 42.0 Å². The minimum absolute atomic E-state index is 0.0149. The van der Waals surface area contributed by atoms with Gasteiger partial charge in [-0.2, -0.15) is 0 Å². The van der Waals surface area contributed by atoms with Gasteiger partial charge in [0.15, 0.2) is 0 Å². The summed E-state index contributed by atoms with van der Waals surface area (Å²) >= 11 is 0. The van der Waals surface area contributed by atoms with Gasteiger partial charge in [0.1, 0.15) is 5.78 Å². The van der Waals surface area contributed by atoms with Crippen molar-refractivity contribution in [2.24, 2.45) is 5.41 Å². The molecule has 0 heterocycles. The lowest BCUT2D eigenvalue weighted by atomic mass is 10.0. The highest BCUT2D eigenvalue weighted by Crippen LogP contribution is 2.46. The number of rotatable bonds is 4. The van der Waals surface area contributed by atoms with Crippen LogP contribution in [0, 0.1) is 5.41 Å². The van der Waals surface area contributed by atoms with Crippen LogP contribution in [0.4, 0.5) is 0 Å². The molecule has 0 bridgehead atoms. The molecule has 1 aromatic rings. The Balaban J connectivity index is 1.88. The van der Waals surface area contributed by atoms with E-state index in [0.29, 0.717) is 12.2 Å². The lowest BCUT2D eigenvalue weighted by molar-refractivity contribution is -0.122. The third kappa shape index (κ3) is 2.56. The molecule has 78 valence electrons. The second kappa shape index (κ2) is 4.01. The summed E-state index contributed by atoms with van der Waals surface area (Å²) in [5.74, 6) is 0.384. The molecule has 1 aromatic carbocycles. The Morgan fingerprint density at radius 1 is 1.33 bits per heavy atom. The monoisotopic (exact) mass is 200 g/mol. The van der Waals surface area contributed by atoms with Crippen LogP contribution >= 0.6 is 0 Å². The van der Waals surface area contributed by atoms with E-state index in [1.54, 1.807) is 0 Å². The Morgan fingerprint density at radius 3 is 2.60 bits per heavy atom. The molecule has 0 radical (unpaired) electrons. The van der Waals surface area contributed by atoms with Crippen molar-refractivity contribution >= 4 is 11.9 Å². The van der Waals surface area contributed by atoms with Crippen molar-refractivity contribution in [3.8, 4) is 0 Å². The Bertz CT molecular complexity index is 372. The largest absolute Gasteiger partial charge is 0.299 e. The number of hydrogen-bond acceptors (Lipinski definition) is 1. The molecule has 0 amide bonds. The number of Topliss-reactive ketones (excluding diaryl/α,β-unsaturated/α-hetero) is 1. The minimum Gasteiger partial charge on any atom is -0.299 e. The van der Waals surface area contributed by atoms with Crippen molar-refractivity contribution < 1.29 is 4.79 Å². The number of ketones is 1. The van der Waals surface area contributed by atoms with E-state index in [0.717, 1.165) is 18.4 Å². The lowest BCUT2D eigenvalue weighted by Crippen LogP contribution is -2.09. The van der Waals surface area contributed by atoms with E-state index in [-0.39, 0.29) is 5.41 Å². The van der Waals surface area contributed by atoms with E-state index in [1.807, 2.05) is 42.5 Å². The van der Waals surface area contributed by atoms with Crippen LogP contribution in [0.2, 0.25) is 0 Å². The molecule has 0 atom stereocenters. The summed E-state index contributed by atoms with van der Waals surface area (Å²) in [4.78, 5) is 11.7. The van der Waals surface area contributed by atoms with Crippen LogP contribution in [-0.4, -0.2) is 5.78 Å². The van der Waals surface area contributed by atoms with Crippen molar-refractivity contribution in [1.82, 2.24) is 0 Å². The molecular formula is C14H16O. The summed E-state index contributed by atoms with van der Waals surface area (Å²) in [6.07, 6.45) is 6.71. The number of benzene rings is 1. The fourth-order valence-electron chi connectivity index (χ4n) is 1.58. The third-order valence-corrected chi connectivity index (χ3v) is 3.09. The molecule has 2 rings (SSSR count). The number of carbonyl (C=O) groups excluding carboxylic acids is 1. The molecule has 1 aliphatic carbocycles. The zero-order chi connectivity index (χ0) is 10.7. The maximum Gasteiger partial charge on any atom is 0.142 e. The Morgan fingerprint density at radius 2 is 2.00 bits per heavy atom. The van der Waals surface area contributed by atoms with Gasteiger partial charge in [0, 0.05) is 11.8 Å². The van der Waals surface area contributed by atoms with Crippen molar-refractivity contribution in [2.75, 3.05) is 0 Å². The van der Waals surface area contributed by atoms with Gasteiger partial charge in [0.25, 0.3) is 0 Å². The topological polar surface area (TPSA) is 17.1 Å². The van der Waals surface area contributed by atoms with Crippen LogP contribution < -0.4 is 0 Å². The van der Waals surface area contributed by atoms with Gasteiger partial charge in [0.05, 0.1) is 0 Å². The van der Waals surface area contributed by atoms with Gasteiger partial charge in [0.2, 0.25) is 0 Å². The van der Waals surface area contributed by atoms with Gasteiger partial charge in [-0.05, 0) is 18.4 Å². The molecule has 1 heteroatoms. The predicted octanol–water partition coefficient (Wildman–Crippen LogP) is 3.46. The summed E-state index contributed by atoms with van der Waals surface area (Å²) in [6, 6.07) is 10.1. The molecule has 1 aliphatic rings. The van der Waals surface area contributed by atoms with Crippen LogP contribution in [0.5, 0.6) is 0 Å². The van der Waals surface area contributed by atoms with Crippen molar-refractivity contribution in [1.29, 1.82) is 0 Å². The summed E-state index contributed by atoms with van der Waals surface area (Å²) in [7, 11) is 0. The number of carbonyl (C=O) groups is 1. The van der Waals surface area contributed by atoms with Crippen LogP contribution in [0.25, 0.3) is 6.08 Å². The van der Waals surface area contributed by atoms with E-state index in [4.69, 9.17) is 0 Å². The van der Waals surface area contributed by atoms with Crippen LogP contribution in [-0.2, 0) is 4.79 Å². The first-order valence-corrected chi connectivity index (χ1v) is 5.46. The SMILES string of the molecule is CC1(C(=O)CC=Cc2ccccc2)CC1. The van der Waals surface area contributed by atoms with Gasteiger partial charge >= 0.3 is 0 Å². The lowest BCUT2D eigenvalue weighted by Gasteiger charge is -2.02. The Hall–Kier alpha value is -1.37. The van der Waals surface area contributed by atoms with E-state index >= 15 is 0 Å². The molecule has 0 aromatic heterocycles. The van der Waals surface area contributed by atoms with Gasteiger partial charge in [-0.1, -0.05) is 49.4 Å². The van der Waals surface area contributed by atoms with Gasteiger partial charge in [-0.25, -0.2) is 0 Å². The molecule has 0 unspecified atom stereocenters. The molecule has 1 fully saturated rings. The molecule has 1 saturated carbocycles. The molecule has 1 nitrogen and oxygen atoms in total. The zero-order valence-electron chi connectivity index (χ0n) is 9.07. The maximum atomic E-state index is 11.7. The quantitative estimate of drug-likeness (QED) is 0.727. The predicted molar refractivity (Wildman–Crippen MR) is 62.4 cm³/mol. The minimum atomic E-state index is 0.0149. The zero-order valence-corrected chi connectivity index (χ0v) is 9.07. The summed E-state index contributed by atoms with van der Waals surface area (Å²) < 4.78 is 0. The molecule has 15 heavy (non-hydrogen) atoms. The summed E-state index contributed by atoms with van der Waals surface area (Å²) in [6.45, 7) is 2.06. The second-order valence-electron chi connectivity index (χ2n) is 4.50. The highest BCUT2D eigenvalue weighted by molar-refractivity contribution is 5.88. The maximum absolute atomic E-state index is 11.7. The average molecular weight is 200 g/mol. The first kappa shape index (κ1) is 10.2. The van der Waals surface area contributed by atoms with Crippen LogP contribution in [0.1, 0.15) is 31.7 Å². The Kier molecular flexibility index (Phi) is 2.72. The molecule has 0 spiro atoms. The van der Waals surface area contributed by atoms with Gasteiger partial charge in [-0.3, -0.25) is 4.79 Å². The Labute approximate surface area is 90.8 Å². The highest BCUT2D eigenvalue weighted by atomic mass is 16.1. The highest BCUT2D eigenvalue weighted by Gasteiger charge is 2.43. The number of hydrogen-bond donors (Lipinski definition) is 0. The smallest absolute Gasteiger partial charge is 0.142 e. The first-order valence-electron chi connectivity index (χ1n) is 5.46. The normalized spacial score (nSPS) is 17.9. The first-order chi connectivity index (χ1) is 7.21. The molecule has 0 aliphatic heterocycles. The van der Waals surface area contributed by atoms with Gasteiger partial charge < -0.3 is 0 Å². The number of allylic oxidation sites excluding steroid dienone is 1. The summed E-state index contributed by atoms with van der Waals surface area (Å²) in [5.41, 5.74) is 1.17. The standard InChI is InChI=1S/C14H16O/c1-14(10-11-14)13(15)9-5-8-12-6-3-2-4-7-12/h2-8H,9-11H2,1H3. The van der Waals surface area contributed by atoms with Crippen molar-refractivity contribution in [2.45, 2.75) is 26.2 Å². The fraction of sp³-hybridized carbons (Fsp3) is 0.357. The van der Waals surface area contributed by atoms with Gasteiger partial charge in [-0.15, -0.1) is 0 Å². The third-order valence-electron chi connectivity index (χ3n) is 3.09. The van der Waals surface area contributed by atoms with E-state index in [1.165, 1.54) is 0 Å². The average Bonchev–Trinajstić information content (AvgIpc) is 2.99. The van der Waals surface area contributed by atoms with Crippen molar-refractivity contribution in [3.63, 3.8) is 0 Å².